The zero-order valence-corrected chi connectivity index (χ0v) is 16.9. The number of imide groups is 1. The van der Waals surface area contributed by atoms with Crippen molar-refractivity contribution < 1.29 is 32.2 Å². The van der Waals surface area contributed by atoms with E-state index >= 15 is 0 Å². The minimum atomic E-state index is -4.43. The molecule has 0 unspecified atom stereocenters. The van der Waals surface area contributed by atoms with Crippen molar-refractivity contribution in [3.63, 3.8) is 0 Å². The molecule has 9 heteroatoms. The van der Waals surface area contributed by atoms with Gasteiger partial charge in [-0.15, -0.1) is 0 Å². The molecule has 0 bridgehead atoms. The van der Waals surface area contributed by atoms with Gasteiger partial charge in [-0.1, -0.05) is 18.2 Å². The van der Waals surface area contributed by atoms with Crippen LogP contribution in [0.15, 0.2) is 42.5 Å². The van der Waals surface area contributed by atoms with Gasteiger partial charge in [-0.25, -0.2) is 0 Å². The van der Waals surface area contributed by atoms with Gasteiger partial charge in [0.15, 0.2) is 18.1 Å². The summed E-state index contributed by atoms with van der Waals surface area (Å²) < 4.78 is 47.6. The van der Waals surface area contributed by atoms with Gasteiger partial charge in [-0.05, 0) is 42.3 Å². The van der Waals surface area contributed by atoms with E-state index in [1.165, 1.54) is 6.07 Å². The molecule has 31 heavy (non-hydrogen) atoms. The lowest BCUT2D eigenvalue weighted by atomic mass is 9.89. The summed E-state index contributed by atoms with van der Waals surface area (Å²) in [5.41, 5.74) is 2.48. The van der Waals surface area contributed by atoms with E-state index in [-0.39, 0.29) is 48.7 Å². The Balaban J connectivity index is 1.67. The lowest BCUT2D eigenvalue weighted by molar-refractivity contribution is -0.153. The van der Waals surface area contributed by atoms with Gasteiger partial charge in [-0.2, -0.15) is 13.2 Å². The zero-order chi connectivity index (χ0) is 22.4. The van der Waals surface area contributed by atoms with Crippen molar-refractivity contribution in [1.82, 2.24) is 5.32 Å². The Kier molecular flexibility index (Phi) is 7.04. The number of carbonyl (C=O) groups excluding carboxylic acids is 2. The molecule has 6 nitrogen and oxygen atoms in total. The molecule has 2 aromatic carbocycles. The van der Waals surface area contributed by atoms with E-state index in [1.807, 2.05) is 24.3 Å². The fraction of sp³-hybridized carbons (Fsp3) is 0.364. The Morgan fingerprint density at radius 3 is 2.45 bits per heavy atom. The van der Waals surface area contributed by atoms with Crippen LogP contribution in [0.1, 0.15) is 36.8 Å². The highest BCUT2D eigenvalue weighted by atomic mass is 19.4. The van der Waals surface area contributed by atoms with E-state index in [9.17, 15) is 22.8 Å². The summed E-state index contributed by atoms with van der Waals surface area (Å²) in [7, 11) is 0. The fourth-order valence-corrected chi connectivity index (χ4v) is 3.33. The first-order valence-corrected chi connectivity index (χ1v) is 9.85. The molecular formula is C22H23F3N2O4. The number of halogens is 3. The number of anilines is 1. The molecule has 1 heterocycles. The molecule has 1 aliphatic rings. The maximum Gasteiger partial charge on any atom is 0.422 e. The summed E-state index contributed by atoms with van der Waals surface area (Å²) in [6, 6.07) is 12.2. The maximum absolute atomic E-state index is 12.4. The molecule has 0 saturated carbocycles. The minimum Gasteiger partial charge on any atom is -0.490 e. The van der Waals surface area contributed by atoms with Crippen LogP contribution in [-0.2, 0) is 16.1 Å². The minimum absolute atomic E-state index is 0.0326. The lowest BCUT2D eigenvalue weighted by Gasteiger charge is -2.21. The van der Waals surface area contributed by atoms with Gasteiger partial charge >= 0.3 is 6.18 Å². The van der Waals surface area contributed by atoms with Crippen LogP contribution in [-0.4, -0.2) is 31.2 Å². The van der Waals surface area contributed by atoms with Crippen LogP contribution in [0.2, 0.25) is 0 Å². The Labute approximate surface area is 177 Å². The molecule has 2 aromatic rings. The van der Waals surface area contributed by atoms with Gasteiger partial charge in [0, 0.05) is 31.0 Å². The van der Waals surface area contributed by atoms with Crippen LogP contribution >= 0.6 is 0 Å². The topological polar surface area (TPSA) is 76.7 Å². The second-order valence-corrected chi connectivity index (χ2v) is 7.17. The average molecular weight is 436 g/mol. The predicted molar refractivity (Wildman–Crippen MR) is 108 cm³/mol. The molecule has 3 rings (SSSR count). The first-order valence-electron chi connectivity index (χ1n) is 9.85. The highest BCUT2D eigenvalue weighted by molar-refractivity contribution is 5.98. The number of piperidine rings is 1. The summed E-state index contributed by atoms with van der Waals surface area (Å²) >= 11 is 0. The van der Waals surface area contributed by atoms with Gasteiger partial charge in [0.1, 0.15) is 0 Å². The third-order valence-corrected chi connectivity index (χ3v) is 4.70. The summed E-state index contributed by atoms with van der Waals surface area (Å²) in [5, 5.41) is 5.55. The first kappa shape index (κ1) is 22.5. The molecule has 0 radical (unpaired) electrons. The van der Waals surface area contributed by atoms with Gasteiger partial charge in [-0.3, -0.25) is 14.9 Å². The largest absolute Gasteiger partial charge is 0.490 e. The van der Waals surface area contributed by atoms with E-state index in [4.69, 9.17) is 9.47 Å². The molecule has 1 aliphatic heterocycles. The maximum atomic E-state index is 12.4. The van der Waals surface area contributed by atoms with Crippen molar-refractivity contribution in [1.29, 1.82) is 0 Å². The summed E-state index contributed by atoms with van der Waals surface area (Å²) in [5.74, 6) is -0.457. The van der Waals surface area contributed by atoms with Crippen molar-refractivity contribution in [2.24, 2.45) is 0 Å². The smallest absolute Gasteiger partial charge is 0.422 e. The molecule has 0 spiro atoms. The second-order valence-electron chi connectivity index (χ2n) is 7.17. The number of hydrogen-bond acceptors (Lipinski definition) is 5. The number of amides is 2. The van der Waals surface area contributed by atoms with Crippen LogP contribution in [0.25, 0.3) is 0 Å². The summed E-state index contributed by atoms with van der Waals surface area (Å²) in [4.78, 5) is 23.3. The average Bonchev–Trinajstić information content (AvgIpc) is 2.71. The van der Waals surface area contributed by atoms with Crippen LogP contribution in [0.5, 0.6) is 11.5 Å². The third-order valence-electron chi connectivity index (χ3n) is 4.70. The second kappa shape index (κ2) is 9.72. The van der Waals surface area contributed by atoms with Crippen molar-refractivity contribution in [2.45, 2.75) is 38.4 Å². The Hall–Kier alpha value is -3.23. The molecule has 1 fully saturated rings. The molecule has 0 aromatic heterocycles. The molecule has 0 aliphatic carbocycles. The Bertz CT molecular complexity index is 931. The number of rotatable bonds is 8. The number of hydrogen-bond donors (Lipinski definition) is 2. The van der Waals surface area contributed by atoms with Crippen molar-refractivity contribution in [3.8, 4) is 11.5 Å². The number of ether oxygens (including phenoxy) is 2. The van der Waals surface area contributed by atoms with E-state index in [0.717, 1.165) is 16.8 Å². The van der Waals surface area contributed by atoms with Crippen molar-refractivity contribution >= 4 is 17.5 Å². The molecule has 0 atom stereocenters. The Morgan fingerprint density at radius 2 is 1.77 bits per heavy atom. The van der Waals surface area contributed by atoms with E-state index in [0.29, 0.717) is 6.54 Å². The van der Waals surface area contributed by atoms with Gasteiger partial charge in [0.05, 0.1) is 6.61 Å². The molecule has 1 saturated heterocycles. The standard InChI is InChI=1S/C22H23F3N2O4/c1-2-30-19-8-14(6-7-18(19)31-13-22(23,24)25)12-26-17-5-3-4-15(9-17)16-10-20(28)27-21(29)11-16/h3-9,16,26H,2,10-13H2,1H3,(H,27,28,29). The summed E-state index contributed by atoms with van der Waals surface area (Å²) in [6.07, 6.45) is -3.92. The van der Waals surface area contributed by atoms with Crippen molar-refractivity contribution in [2.75, 3.05) is 18.5 Å². The number of benzene rings is 2. The fourth-order valence-electron chi connectivity index (χ4n) is 3.33. The van der Waals surface area contributed by atoms with E-state index in [1.54, 1.807) is 19.1 Å². The van der Waals surface area contributed by atoms with Gasteiger partial charge in [0.2, 0.25) is 11.8 Å². The van der Waals surface area contributed by atoms with Crippen LogP contribution < -0.4 is 20.1 Å². The van der Waals surface area contributed by atoms with Crippen molar-refractivity contribution in [3.05, 3.63) is 53.6 Å². The quantitative estimate of drug-likeness (QED) is 0.608. The zero-order valence-electron chi connectivity index (χ0n) is 16.9. The molecular weight excluding hydrogens is 413 g/mol. The molecule has 2 N–H and O–H groups in total. The number of nitrogens with one attached hydrogen (secondary N) is 2. The van der Waals surface area contributed by atoms with Gasteiger partial charge in [0.25, 0.3) is 0 Å². The molecule has 166 valence electrons. The van der Waals surface area contributed by atoms with Crippen LogP contribution in [0.4, 0.5) is 18.9 Å². The molecule has 2 amide bonds. The SMILES string of the molecule is CCOc1cc(CNc2cccc(C3CC(=O)NC(=O)C3)c2)ccc1OCC(F)(F)F. The summed E-state index contributed by atoms with van der Waals surface area (Å²) in [6.45, 7) is 1.03. The first-order chi connectivity index (χ1) is 14.7. The number of alkyl halides is 3. The van der Waals surface area contributed by atoms with Gasteiger partial charge < -0.3 is 14.8 Å². The highest BCUT2D eigenvalue weighted by Gasteiger charge is 2.29. The number of carbonyl (C=O) groups is 2. The Morgan fingerprint density at radius 1 is 1.03 bits per heavy atom. The predicted octanol–water partition coefficient (Wildman–Crippen LogP) is 4.16. The lowest BCUT2D eigenvalue weighted by Crippen LogP contribution is -2.37. The van der Waals surface area contributed by atoms with E-state index < -0.39 is 12.8 Å². The third kappa shape index (κ3) is 6.63. The normalized spacial score (nSPS) is 14.8. The van der Waals surface area contributed by atoms with E-state index in [2.05, 4.69) is 10.6 Å². The van der Waals surface area contributed by atoms with Crippen LogP contribution in [0.3, 0.4) is 0 Å². The monoisotopic (exact) mass is 436 g/mol. The van der Waals surface area contributed by atoms with Crippen LogP contribution in [0, 0.1) is 0 Å². The highest BCUT2D eigenvalue weighted by Crippen LogP contribution is 2.31.